The summed E-state index contributed by atoms with van der Waals surface area (Å²) in [5, 5.41) is 2.17. The summed E-state index contributed by atoms with van der Waals surface area (Å²) in [5.74, 6) is -0.569. The van der Waals surface area contributed by atoms with E-state index in [9.17, 15) is 14.4 Å². The van der Waals surface area contributed by atoms with E-state index < -0.39 is 5.91 Å². The van der Waals surface area contributed by atoms with Crippen LogP contribution in [0.2, 0.25) is 0 Å². The Labute approximate surface area is 80.4 Å². The number of nitrogens with one attached hydrogen (secondary N) is 1. The van der Waals surface area contributed by atoms with Crippen molar-refractivity contribution in [2.75, 3.05) is 5.75 Å². The molecule has 0 saturated heterocycles. The SMILES string of the molecule is CC(=O)NC(=O)CSC(=O)C1CC1. The van der Waals surface area contributed by atoms with Crippen molar-refractivity contribution in [1.29, 1.82) is 0 Å². The second-order valence-corrected chi connectivity index (χ2v) is 3.97. The van der Waals surface area contributed by atoms with E-state index in [2.05, 4.69) is 5.32 Å². The Kier molecular flexibility index (Phi) is 3.48. The molecule has 2 amide bonds. The van der Waals surface area contributed by atoms with Crippen molar-refractivity contribution in [1.82, 2.24) is 5.32 Å². The highest BCUT2D eigenvalue weighted by molar-refractivity contribution is 8.14. The molecule has 0 spiro atoms. The molecule has 5 heteroatoms. The summed E-state index contributed by atoms with van der Waals surface area (Å²) >= 11 is 0.994. The van der Waals surface area contributed by atoms with Crippen LogP contribution in [0.15, 0.2) is 0 Å². The van der Waals surface area contributed by atoms with Crippen LogP contribution in [0.4, 0.5) is 0 Å². The molecular weight excluding hydrogens is 190 g/mol. The summed E-state index contributed by atoms with van der Waals surface area (Å²) in [4.78, 5) is 32.4. The van der Waals surface area contributed by atoms with Crippen molar-refractivity contribution in [3.63, 3.8) is 0 Å². The number of carbonyl (C=O) groups is 3. The van der Waals surface area contributed by atoms with E-state index in [0.717, 1.165) is 24.6 Å². The monoisotopic (exact) mass is 201 g/mol. The second-order valence-electron chi connectivity index (χ2n) is 2.99. The molecule has 0 aromatic rings. The lowest BCUT2D eigenvalue weighted by Crippen LogP contribution is -2.29. The fourth-order valence-electron chi connectivity index (χ4n) is 0.806. The van der Waals surface area contributed by atoms with Gasteiger partial charge in [0.15, 0.2) is 5.12 Å². The van der Waals surface area contributed by atoms with Gasteiger partial charge < -0.3 is 0 Å². The van der Waals surface area contributed by atoms with Gasteiger partial charge in [-0.3, -0.25) is 19.7 Å². The number of hydrogen-bond donors (Lipinski definition) is 1. The van der Waals surface area contributed by atoms with Gasteiger partial charge >= 0.3 is 0 Å². The lowest BCUT2D eigenvalue weighted by molar-refractivity contribution is -0.127. The van der Waals surface area contributed by atoms with Crippen molar-refractivity contribution >= 4 is 28.7 Å². The maximum atomic E-state index is 11.1. The van der Waals surface area contributed by atoms with E-state index >= 15 is 0 Å². The van der Waals surface area contributed by atoms with Crippen molar-refractivity contribution in [3.8, 4) is 0 Å². The number of thioether (sulfide) groups is 1. The molecule has 0 bridgehead atoms. The van der Waals surface area contributed by atoms with E-state index in [0.29, 0.717) is 0 Å². The molecule has 0 aromatic heterocycles. The molecule has 4 nitrogen and oxygen atoms in total. The second kappa shape index (κ2) is 4.41. The third-order valence-electron chi connectivity index (χ3n) is 1.57. The molecule has 1 rings (SSSR count). The van der Waals surface area contributed by atoms with Crippen LogP contribution < -0.4 is 5.32 Å². The van der Waals surface area contributed by atoms with Crippen LogP contribution in [0.1, 0.15) is 19.8 Å². The van der Waals surface area contributed by atoms with E-state index in [4.69, 9.17) is 0 Å². The van der Waals surface area contributed by atoms with Gasteiger partial charge in [0.2, 0.25) is 11.8 Å². The fourth-order valence-corrected chi connectivity index (χ4v) is 1.62. The molecule has 0 atom stereocenters. The lowest BCUT2D eigenvalue weighted by atomic mass is 10.5. The van der Waals surface area contributed by atoms with Gasteiger partial charge in [0.25, 0.3) is 0 Å². The fraction of sp³-hybridized carbons (Fsp3) is 0.625. The molecule has 1 fully saturated rings. The Hall–Kier alpha value is -0.840. The molecule has 1 N–H and O–H groups in total. The first-order valence-corrected chi connectivity index (χ1v) is 5.05. The van der Waals surface area contributed by atoms with Gasteiger partial charge in [-0.15, -0.1) is 0 Å². The van der Waals surface area contributed by atoms with E-state index in [1.165, 1.54) is 6.92 Å². The number of carbonyl (C=O) groups excluding carboxylic acids is 3. The highest BCUT2D eigenvalue weighted by Crippen LogP contribution is 2.33. The number of amides is 2. The Morgan fingerprint density at radius 1 is 1.38 bits per heavy atom. The number of imide groups is 1. The first-order chi connectivity index (χ1) is 6.09. The van der Waals surface area contributed by atoms with Crippen LogP contribution in [0.25, 0.3) is 0 Å². The zero-order valence-electron chi connectivity index (χ0n) is 7.33. The van der Waals surface area contributed by atoms with E-state index in [1.54, 1.807) is 0 Å². The quantitative estimate of drug-likeness (QED) is 0.714. The van der Waals surface area contributed by atoms with E-state index in [1.807, 2.05) is 0 Å². The van der Waals surface area contributed by atoms with Gasteiger partial charge in [0.05, 0.1) is 5.75 Å². The average molecular weight is 201 g/mol. The highest BCUT2D eigenvalue weighted by atomic mass is 32.2. The molecule has 0 heterocycles. The molecule has 0 aromatic carbocycles. The van der Waals surface area contributed by atoms with Gasteiger partial charge in [-0.1, -0.05) is 11.8 Å². The summed E-state index contributed by atoms with van der Waals surface area (Å²) in [6.07, 6.45) is 1.89. The van der Waals surface area contributed by atoms with Crippen LogP contribution >= 0.6 is 11.8 Å². The average Bonchev–Trinajstić information content (AvgIpc) is 2.80. The van der Waals surface area contributed by atoms with Crippen LogP contribution in [-0.4, -0.2) is 22.7 Å². The molecule has 1 saturated carbocycles. The summed E-state index contributed by atoms with van der Waals surface area (Å²) in [5.41, 5.74) is 0. The van der Waals surface area contributed by atoms with Crippen LogP contribution in [0.3, 0.4) is 0 Å². The van der Waals surface area contributed by atoms with Crippen molar-refractivity contribution in [2.24, 2.45) is 5.92 Å². The minimum absolute atomic E-state index is 0.0505. The van der Waals surface area contributed by atoms with E-state index in [-0.39, 0.29) is 22.7 Å². The van der Waals surface area contributed by atoms with Crippen molar-refractivity contribution < 1.29 is 14.4 Å². The summed E-state index contributed by atoms with van der Waals surface area (Å²) < 4.78 is 0. The molecule has 0 radical (unpaired) electrons. The number of rotatable bonds is 3. The molecule has 13 heavy (non-hydrogen) atoms. The molecule has 1 aliphatic carbocycles. The van der Waals surface area contributed by atoms with Gasteiger partial charge in [0.1, 0.15) is 0 Å². The Bertz CT molecular complexity index is 248. The Morgan fingerprint density at radius 2 is 2.00 bits per heavy atom. The zero-order chi connectivity index (χ0) is 9.84. The largest absolute Gasteiger partial charge is 0.296 e. The van der Waals surface area contributed by atoms with Crippen molar-refractivity contribution in [2.45, 2.75) is 19.8 Å². The molecule has 1 aliphatic rings. The standard InChI is InChI=1S/C8H11NO3S/c1-5(10)9-7(11)4-13-8(12)6-2-3-6/h6H,2-4H2,1H3,(H,9,10,11). The normalized spacial score (nSPS) is 15.2. The van der Waals surface area contributed by atoms with Gasteiger partial charge in [0, 0.05) is 12.8 Å². The molecule has 0 unspecified atom stereocenters. The minimum Gasteiger partial charge on any atom is -0.296 e. The zero-order valence-corrected chi connectivity index (χ0v) is 8.15. The number of hydrogen-bond acceptors (Lipinski definition) is 4. The molecule has 0 aliphatic heterocycles. The van der Waals surface area contributed by atoms with Gasteiger partial charge in [-0.2, -0.15) is 0 Å². The van der Waals surface area contributed by atoms with Crippen LogP contribution in [-0.2, 0) is 14.4 Å². The first kappa shape index (κ1) is 10.2. The van der Waals surface area contributed by atoms with Gasteiger partial charge in [-0.05, 0) is 12.8 Å². The lowest BCUT2D eigenvalue weighted by Gasteiger charge is -1.98. The van der Waals surface area contributed by atoms with Crippen LogP contribution in [0.5, 0.6) is 0 Å². The van der Waals surface area contributed by atoms with Gasteiger partial charge in [-0.25, -0.2) is 0 Å². The topological polar surface area (TPSA) is 63.2 Å². The Balaban J connectivity index is 2.13. The first-order valence-electron chi connectivity index (χ1n) is 4.06. The highest BCUT2D eigenvalue weighted by Gasteiger charge is 2.30. The molecule has 72 valence electrons. The third kappa shape index (κ3) is 4.07. The predicted octanol–water partition coefficient (Wildman–Crippen LogP) is 0.319. The third-order valence-corrected chi connectivity index (χ3v) is 2.60. The minimum atomic E-state index is -0.397. The smallest absolute Gasteiger partial charge is 0.237 e. The van der Waals surface area contributed by atoms with Crippen molar-refractivity contribution in [3.05, 3.63) is 0 Å². The summed E-state index contributed by atoms with van der Waals surface area (Å²) in [6.45, 7) is 1.27. The van der Waals surface area contributed by atoms with Crippen LogP contribution in [0, 0.1) is 5.92 Å². The summed E-state index contributed by atoms with van der Waals surface area (Å²) in [7, 11) is 0. The summed E-state index contributed by atoms with van der Waals surface area (Å²) in [6, 6.07) is 0. The maximum Gasteiger partial charge on any atom is 0.237 e. The Morgan fingerprint density at radius 3 is 2.46 bits per heavy atom. The maximum absolute atomic E-state index is 11.1. The molecular formula is C8H11NO3S. The predicted molar refractivity (Wildman–Crippen MR) is 49.0 cm³/mol.